The number of primary amides is 1. The molecule has 1 saturated heterocycles. The van der Waals surface area contributed by atoms with Crippen LogP contribution in [-0.2, 0) is 4.79 Å². The number of rotatable bonds is 4. The van der Waals surface area contributed by atoms with Crippen LogP contribution in [0.15, 0.2) is 12.4 Å². The normalized spacial score (nSPS) is 19.6. The Bertz CT molecular complexity index is 515. The molecule has 21 heavy (non-hydrogen) atoms. The fraction of sp³-hybridized carbons (Fsp3) is 0.600. The van der Waals surface area contributed by atoms with E-state index in [1.165, 1.54) is 12.4 Å². The molecule has 1 fully saturated rings. The summed E-state index contributed by atoms with van der Waals surface area (Å²) < 4.78 is 14.0. The lowest BCUT2D eigenvalue weighted by Crippen LogP contribution is -2.40. The summed E-state index contributed by atoms with van der Waals surface area (Å²) in [6.07, 6.45) is 5.29. The van der Waals surface area contributed by atoms with Crippen molar-refractivity contribution in [2.24, 2.45) is 17.1 Å². The van der Waals surface area contributed by atoms with Crippen molar-refractivity contribution < 1.29 is 9.18 Å². The van der Waals surface area contributed by atoms with E-state index in [0.29, 0.717) is 29.6 Å². The molecule has 116 valence electrons. The topological polar surface area (TPSA) is 59.2 Å². The lowest BCUT2D eigenvalue weighted by atomic mass is 9.79. The van der Waals surface area contributed by atoms with Gasteiger partial charge in [-0.05, 0) is 25.2 Å². The number of anilines is 1. The SMILES string of the molecule is CC(C)(CC1CCCN(c2c(F)cncc2Cl)C1)C(N)=O. The molecule has 0 saturated carbocycles. The zero-order valence-electron chi connectivity index (χ0n) is 12.4. The highest BCUT2D eigenvalue weighted by Crippen LogP contribution is 2.35. The minimum absolute atomic E-state index is 0.296. The average Bonchev–Trinajstić information content (AvgIpc) is 2.38. The second kappa shape index (κ2) is 6.18. The number of nitrogens with two attached hydrogens (primary N) is 1. The molecule has 0 bridgehead atoms. The molecule has 2 rings (SSSR count). The first-order chi connectivity index (χ1) is 9.81. The minimum atomic E-state index is -0.547. The Balaban J connectivity index is 2.13. The summed E-state index contributed by atoms with van der Waals surface area (Å²) in [4.78, 5) is 17.2. The third kappa shape index (κ3) is 3.64. The van der Waals surface area contributed by atoms with Crippen LogP contribution in [0.5, 0.6) is 0 Å². The zero-order valence-corrected chi connectivity index (χ0v) is 13.2. The molecule has 1 unspecified atom stereocenters. The maximum Gasteiger partial charge on any atom is 0.223 e. The van der Waals surface area contributed by atoms with Crippen molar-refractivity contribution >= 4 is 23.2 Å². The van der Waals surface area contributed by atoms with Crippen LogP contribution in [0.3, 0.4) is 0 Å². The Morgan fingerprint density at radius 2 is 2.29 bits per heavy atom. The monoisotopic (exact) mass is 313 g/mol. The molecule has 1 aliphatic heterocycles. The Labute approximate surface area is 129 Å². The highest BCUT2D eigenvalue weighted by Gasteiger charge is 2.32. The molecule has 1 aliphatic rings. The molecule has 1 amide bonds. The Morgan fingerprint density at radius 1 is 1.57 bits per heavy atom. The molecule has 0 aliphatic carbocycles. The standard InChI is InChI=1S/C15H21ClFN3O/c1-15(2,14(18)21)6-10-4-3-5-20(9-10)13-11(16)7-19-8-12(13)17/h7-8,10H,3-6,9H2,1-2H3,(H2,18,21). The molecular formula is C15H21ClFN3O. The number of hydrogen-bond donors (Lipinski definition) is 1. The predicted octanol–water partition coefficient (Wildman–Crippen LogP) is 2.99. The number of amides is 1. The molecule has 4 nitrogen and oxygen atoms in total. The van der Waals surface area contributed by atoms with Crippen molar-refractivity contribution in [3.8, 4) is 0 Å². The number of carbonyl (C=O) groups is 1. The number of hydrogen-bond acceptors (Lipinski definition) is 3. The predicted molar refractivity (Wildman–Crippen MR) is 81.7 cm³/mol. The molecule has 1 atom stereocenters. The highest BCUT2D eigenvalue weighted by atomic mass is 35.5. The van der Waals surface area contributed by atoms with E-state index in [4.69, 9.17) is 17.3 Å². The van der Waals surface area contributed by atoms with Crippen LogP contribution in [0.2, 0.25) is 5.02 Å². The van der Waals surface area contributed by atoms with Gasteiger partial charge in [-0.25, -0.2) is 4.39 Å². The third-order valence-electron chi connectivity index (χ3n) is 4.13. The molecule has 2 N–H and O–H groups in total. The van der Waals surface area contributed by atoms with Crippen molar-refractivity contribution in [2.75, 3.05) is 18.0 Å². The molecule has 0 spiro atoms. The summed E-state index contributed by atoms with van der Waals surface area (Å²) in [6.45, 7) is 5.15. The Hall–Kier alpha value is -1.36. The zero-order chi connectivity index (χ0) is 15.6. The fourth-order valence-electron chi connectivity index (χ4n) is 2.96. The lowest BCUT2D eigenvalue weighted by molar-refractivity contribution is -0.126. The summed E-state index contributed by atoms with van der Waals surface area (Å²) in [5, 5.41) is 0.324. The van der Waals surface area contributed by atoms with Crippen molar-refractivity contribution in [2.45, 2.75) is 33.1 Å². The van der Waals surface area contributed by atoms with Gasteiger partial charge in [-0.3, -0.25) is 9.78 Å². The Kier molecular flexibility index (Phi) is 4.71. The van der Waals surface area contributed by atoms with Crippen molar-refractivity contribution in [3.63, 3.8) is 0 Å². The van der Waals surface area contributed by atoms with Crippen molar-refractivity contribution in [1.29, 1.82) is 0 Å². The van der Waals surface area contributed by atoms with E-state index in [-0.39, 0.29) is 5.91 Å². The quantitative estimate of drug-likeness (QED) is 0.929. The van der Waals surface area contributed by atoms with E-state index >= 15 is 0 Å². The molecule has 0 aromatic carbocycles. The number of carbonyl (C=O) groups excluding carboxylic acids is 1. The first-order valence-corrected chi connectivity index (χ1v) is 7.53. The summed E-state index contributed by atoms with van der Waals surface area (Å²) in [6, 6.07) is 0. The van der Waals surface area contributed by atoms with Crippen molar-refractivity contribution in [1.82, 2.24) is 4.98 Å². The summed E-state index contributed by atoms with van der Waals surface area (Å²) in [5.74, 6) is -0.407. The molecule has 1 aromatic rings. The van der Waals surface area contributed by atoms with Crippen LogP contribution in [0, 0.1) is 17.2 Å². The van der Waals surface area contributed by atoms with Crippen LogP contribution in [0.4, 0.5) is 10.1 Å². The second-order valence-corrected chi connectivity index (χ2v) is 6.77. The van der Waals surface area contributed by atoms with Gasteiger partial charge >= 0.3 is 0 Å². The summed E-state index contributed by atoms with van der Waals surface area (Å²) in [7, 11) is 0. The first kappa shape index (κ1) is 16.0. The van der Waals surface area contributed by atoms with Gasteiger partial charge in [-0.2, -0.15) is 0 Å². The van der Waals surface area contributed by atoms with Crippen LogP contribution in [-0.4, -0.2) is 24.0 Å². The van der Waals surface area contributed by atoms with Gasteiger partial charge in [0.05, 0.1) is 16.9 Å². The van der Waals surface area contributed by atoms with Crippen LogP contribution in [0.25, 0.3) is 0 Å². The van der Waals surface area contributed by atoms with Gasteiger partial charge in [0, 0.05) is 24.7 Å². The van der Waals surface area contributed by atoms with Crippen LogP contribution in [0.1, 0.15) is 33.1 Å². The van der Waals surface area contributed by atoms with E-state index in [1.807, 2.05) is 18.7 Å². The van der Waals surface area contributed by atoms with Gasteiger partial charge in [0.25, 0.3) is 0 Å². The molecule has 2 heterocycles. The highest BCUT2D eigenvalue weighted by molar-refractivity contribution is 6.33. The van der Waals surface area contributed by atoms with Gasteiger partial charge in [-0.15, -0.1) is 0 Å². The van der Waals surface area contributed by atoms with Gasteiger partial charge < -0.3 is 10.6 Å². The maximum atomic E-state index is 14.0. The summed E-state index contributed by atoms with van der Waals surface area (Å²) >= 11 is 6.08. The van der Waals surface area contributed by atoms with E-state index in [1.54, 1.807) is 0 Å². The number of halogens is 2. The van der Waals surface area contributed by atoms with Gasteiger partial charge in [-0.1, -0.05) is 25.4 Å². The van der Waals surface area contributed by atoms with Crippen molar-refractivity contribution in [3.05, 3.63) is 23.2 Å². The number of piperidine rings is 1. The second-order valence-electron chi connectivity index (χ2n) is 6.36. The number of aromatic nitrogens is 1. The molecular weight excluding hydrogens is 293 g/mol. The van der Waals surface area contributed by atoms with Gasteiger partial charge in [0.1, 0.15) is 0 Å². The van der Waals surface area contributed by atoms with E-state index in [9.17, 15) is 9.18 Å². The molecule has 1 aromatic heterocycles. The minimum Gasteiger partial charge on any atom is -0.369 e. The summed E-state index contributed by atoms with van der Waals surface area (Å²) in [5.41, 5.74) is 5.30. The average molecular weight is 314 g/mol. The largest absolute Gasteiger partial charge is 0.369 e. The van der Waals surface area contributed by atoms with Crippen LogP contribution < -0.4 is 10.6 Å². The number of nitrogens with zero attached hydrogens (tertiary/aromatic N) is 2. The fourth-order valence-corrected chi connectivity index (χ4v) is 3.23. The molecule has 6 heteroatoms. The van der Waals surface area contributed by atoms with Gasteiger partial charge in [0.15, 0.2) is 5.82 Å². The van der Waals surface area contributed by atoms with Crippen LogP contribution >= 0.6 is 11.6 Å². The smallest absolute Gasteiger partial charge is 0.223 e. The first-order valence-electron chi connectivity index (χ1n) is 7.15. The van der Waals surface area contributed by atoms with E-state index in [2.05, 4.69) is 4.98 Å². The Morgan fingerprint density at radius 3 is 2.90 bits per heavy atom. The van der Waals surface area contributed by atoms with E-state index < -0.39 is 11.2 Å². The van der Waals surface area contributed by atoms with Gasteiger partial charge in [0.2, 0.25) is 5.91 Å². The molecule has 0 radical (unpaired) electrons. The lowest BCUT2D eigenvalue weighted by Gasteiger charge is -2.37. The maximum absolute atomic E-state index is 14.0. The van der Waals surface area contributed by atoms with E-state index in [0.717, 1.165) is 19.4 Å². The number of pyridine rings is 1. The third-order valence-corrected chi connectivity index (χ3v) is 4.41.